The highest BCUT2D eigenvalue weighted by atomic mass is 16.5. The van der Waals surface area contributed by atoms with Crippen LogP contribution in [0.5, 0.6) is 0 Å². The lowest BCUT2D eigenvalue weighted by atomic mass is 10.0. The first-order valence-electron chi connectivity index (χ1n) is 3.82. The maximum absolute atomic E-state index is 9.33. The van der Waals surface area contributed by atoms with Gasteiger partial charge in [0, 0.05) is 6.54 Å². The molecule has 0 amide bonds. The van der Waals surface area contributed by atoms with Crippen molar-refractivity contribution in [1.29, 1.82) is 0 Å². The first-order valence-corrected chi connectivity index (χ1v) is 3.82. The van der Waals surface area contributed by atoms with Crippen LogP contribution in [0.2, 0.25) is 0 Å². The quantitative estimate of drug-likeness (QED) is 0.473. The maximum atomic E-state index is 9.33. The third-order valence-corrected chi connectivity index (χ3v) is 2.46. The topological polar surface area (TPSA) is 41.5 Å². The lowest BCUT2D eigenvalue weighted by molar-refractivity contribution is 0.0674. The summed E-state index contributed by atoms with van der Waals surface area (Å²) in [5, 5.41) is 12.6. The van der Waals surface area contributed by atoms with Gasteiger partial charge < -0.3 is 15.2 Å². The van der Waals surface area contributed by atoms with Crippen molar-refractivity contribution in [3.05, 3.63) is 0 Å². The van der Waals surface area contributed by atoms with Crippen molar-refractivity contribution in [2.45, 2.75) is 25.2 Å². The average molecular weight is 143 g/mol. The number of hydrogen-bond acceptors (Lipinski definition) is 3. The molecular formula is C7H13NO2. The van der Waals surface area contributed by atoms with Crippen molar-refractivity contribution in [1.82, 2.24) is 5.32 Å². The molecule has 0 unspecified atom stereocenters. The number of nitrogens with one attached hydrogen (secondary N) is 1. The molecule has 0 aromatic heterocycles. The second-order valence-corrected chi connectivity index (χ2v) is 3.28. The zero-order chi connectivity index (χ0) is 7.14. The molecule has 2 N–H and O–H groups in total. The molecule has 10 heavy (non-hydrogen) atoms. The molecule has 2 aliphatic heterocycles. The molecule has 58 valence electrons. The standard InChI is InChI=1S/C7H13NO2/c1-4-2-8-6-5(9)3-10-7(4)6/h4-9H,2-3H2,1H3/t4-,5-,6+,7+/m0/s1. The fraction of sp³-hybridized carbons (Fsp3) is 1.00. The van der Waals surface area contributed by atoms with E-state index in [0.717, 1.165) is 6.54 Å². The molecule has 0 bridgehead atoms. The van der Waals surface area contributed by atoms with Crippen molar-refractivity contribution in [3.63, 3.8) is 0 Å². The minimum atomic E-state index is -0.282. The Balaban J connectivity index is 2.09. The zero-order valence-electron chi connectivity index (χ0n) is 6.08. The second kappa shape index (κ2) is 2.19. The van der Waals surface area contributed by atoms with Crippen LogP contribution in [0.4, 0.5) is 0 Å². The van der Waals surface area contributed by atoms with Gasteiger partial charge in [0.15, 0.2) is 0 Å². The van der Waals surface area contributed by atoms with Crippen molar-refractivity contribution >= 4 is 0 Å². The van der Waals surface area contributed by atoms with Gasteiger partial charge in [-0.1, -0.05) is 6.92 Å². The van der Waals surface area contributed by atoms with Crippen LogP contribution < -0.4 is 5.32 Å². The van der Waals surface area contributed by atoms with Crippen LogP contribution >= 0.6 is 0 Å². The zero-order valence-corrected chi connectivity index (χ0v) is 6.08. The number of aliphatic hydroxyl groups is 1. The molecule has 0 saturated carbocycles. The van der Waals surface area contributed by atoms with Gasteiger partial charge >= 0.3 is 0 Å². The number of ether oxygens (including phenoxy) is 1. The van der Waals surface area contributed by atoms with E-state index in [4.69, 9.17) is 4.74 Å². The predicted molar refractivity (Wildman–Crippen MR) is 36.7 cm³/mol. The highest BCUT2D eigenvalue weighted by molar-refractivity contribution is 4.97. The van der Waals surface area contributed by atoms with E-state index in [9.17, 15) is 5.11 Å². The number of hydrogen-bond donors (Lipinski definition) is 2. The molecule has 2 saturated heterocycles. The van der Waals surface area contributed by atoms with Crippen LogP contribution in [0, 0.1) is 5.92 Å². The van der Waals surface area contributed by atoms with Crippen LogP contribution in [-0.2, 0) is 4.74 Å². The molecule has 3 heteroatoms. The molecule has 2 heterocycles. The first-order chi connectivity index (χ1) is 4.79. The summed E-state index contributed by atoms with van der Waals surface area (Å²) in [6.45, 7) is 3.63. The molecule has 2 aliphatic rings. The smallest absolute Gasteiger partial charge is 0.0951 e. The second-order valence-electron chi connectivity index (χ2n) is 3.28. The largest absolute Gasteiger partial charge is 0.389 e. The van der Waals surface area contributed by atoms with Crippen molar-refractivity contribution in [2.24, 2.45) is 5.92 Å². The van der Waals surface area contributed by atoms with E-state index in [2.05, 4.69) is 12.2 Å². The molecule has 0 spiro atoms. The molecular weight excluding hydrogens is 130 g/mol. The summed E-state index contributed by atoms with van der Waals surface area (Å²) in [6.07, 6.45) is -0.0232. The van der Waals surface area contributed by atoms with E-state index in [1.807, 2.05) is 0 Å². The number of rotatable bonds is 0. The van der Waals surface area contributed by atoms with Crippen LogP contribution in [0.3, 0.4) is 0 Å². The van der Waals surface area contributed by atoms with E-state index < -0.39 is 0 Å². The first kappa shape index (κ1) is 6.58. The Hall–Kier alpha value is -0.120. The van der Waals surface area contributed by atoms with Gasteiger partial charge in [-0.25, -0.2) is 0 Å². The van der Waals surface area contributed by atoms with Gasteiger partial charge in [-0.15, -0.1) is 0 Å². The molecule has 0 aromatic carbocycles. The van der Waals surface area contributed by atoms with Crippen LogP contribution in [0.25, 0.3) is 0 Å². The summed E-state index contributed by atoms with van der Waals surface area (Å²) in [5.74, 6) is 0.558. The summed E-state index contributed by atoms with van der Waals surface area (Å²) < 4.78 is 5.39. The van der Waals surface area contributed by atoms with Gasteiger partial charge in [-0.05, 0) is 5.92 Å². The lowest BCUT2D eigenvalue weighted by Crippen LogP contribution is -2.36. The SMILES string of the molecule is C[C@H]1CN[C@H]2[C@@H]1OC[C@@H]2O. The van der Waals surface area contributed by atoms with Crippen molar-refractivity contribution < 1.29 is 9.84 Å². The highest BCUT2D eigenvalue weighted by Crippen LogP contribution is 2.25. The van der Waals surface area contributed by atoms with Gasteiger partial charge in [0.05, 0.1) is 24.9 Å². The molecule has 0 aliphatic carbocycles. The highest BCUT2D eigenvalue weighted by Gasteiger charge is 2.43. The minimum Gasteiger partial charge on any atom is -0.389 e. The predicted octanol–water partition coefficient (Wildman–Crippen LogP) is -0.646. The molecule has 2 rings (SSSR count). The Morgan fingerprint density at radius 3 is 3.10 bits per heavy atom. The fourth-order valence-electron chi connectivity index (χ4n) is 1.84. The normalized spacial score (nSPS) is 53.4. The van der Waals surface area contributed by atoms with E-state index in [0.29, 0.717) is 12.5 Å². The summed E-state index contributed by atoms with van der Waals surface area (Å²) in [7, 11) is 0. The van der Waals surface area contributed by atoms with E-state index in [1.165, 1.54) is 0 Å². The third kappa shape index (κ3) is 0.779. The monoisotopic (exact) mass is 143 g/mol. The summed E-state index contributed by atoms with van der Waals surface area (Å²) in [6, 6.07) is 0.204. The van der Waals surface area contributed by atoms with Crippen LogP contribution in [0.15, 0.2) is 0 Å². The number of aliphatic hydroxyl groups excluding tert-OH is 1. The molecule has 3 nitrogen and oxygen atoms in total. The van der Waals surface area contributed by atoms with Gasteiger partial charge in [0.25, 0.3) is 0 Å². The Kier molecular flexibility index (Phi) is 1.44. The third-order valence-electron chi connectivity index (χ3n) is 2.46. The Bertz CT molecular complexity index is 124. The Labute approximate surface area is 60.4 Å². The molecule has 2 fully saturated rings. The van der Waals surface area contributed by atoms with Crippen molar-refractivity contribution in [3.8, 4) is 0 Å². The van der Waals surface area contributed by atoms with Gasteiger partial charge in [-0.3, -0.25) is 0 Å². The van der Waals surface area contributed by atoms with E-state index >= 15 is 0 Å². The van der Waals surface area contributed by atoms with E-state index in [-0.39, 0.29) is 18.2 Å². The summed E-state index contributed by atoms with van der Waals surface area (Å²) in [5.41, 5.74) is 0. The van der Waals surface area contributed by atoms with Gasteiger partial charge in [0.1, 0.15) is 0 Å². The van der Waals surface area contributed by atoms with E-state index in [1.54, 1.807) is 0 Å². The molecule has 0 radical (unpaired) electrons. The van der Waals surface area contributed by atoms with Crippen LogP contribution in [0.1, 0.15) is 6.92 Å². The fourth-order valence-corrected chi connectivity index (χ4v) is 1.84. The Morgan fingerprint density at radius 1 is 1.60 bits per heavy atom. The molecule has 0 aromatic rings. The number of fused-ring (bicyclic) bond motifs is 1. The summed E-state index contributed by atoms with van der Waals surface area (Å²) in [4.78, 5) is 0. The summed E-state index contributed by atoms with van der Waals surface area (Å²) >= 11 is 0. The minimum absolute atomic E-state index is 0.204. The van der Waals surface area contributed by atoms with Gasteiger partial charge in [0.2, 0.25) is 0 Å². The van der Waals surface area contributed by atoms with Crippen LogP contribution in [-0.4, -0.2) is 36.5 Å². The maximum Gasteiger partial charge on any atom is 0.0951 e. The lowest BCUT2D eigenvalue weighted by Gasteiger charge is -2.11. The average Bonchev–Trinajstić information content (AvgIpc) is 2.41. The Morgan fingerprint density at radius 2 is 2.40 bits per heavy atom. The van der Waals surface area contributed by atoms with Gasteiger partial charge in [-0.2, -0.15) is 0 Å². The molecule has 4 atom stereocenters. The van der Waals surface area contributed by atoms with Crippen molar-refractivity contribution in [2.75, 3.05) is 13.2 Å².